The van der Waals surface area contributed by atoms with E-state index < -0.39 is 0 Å². The van der Waals surface area contributed by atoms with E-state index in [0.29, 0.717) is 12.4 Å². The largest absolute Gasteiger partial charge is 0.235 e. The number of rotatable bonds is 3. The van der Waals surface area contributed by atoms with Crippen molar-refractivity contribution in [3.63, 3.8) is 0 Å². The van der Waals surface area contributed by atoms with Gasteiger partial charge in [0.1, 0.15) is 0 Å². The molecule has 1 aromatic rings. The van der Waals surface area contributed by atoms with Gasteiger partial charge >= 0.3 is 0 Å². The Bertz CT molecular complexity index is 288. The Morgan fingerprint density at radius 1 is 1.25 bits per heavy atom. The molecule has 3 heteroatoms. The fourth-order valence-electron chi connectivity index (χ4n) is 0.857. The van der Waals surface area contributed by atoms with Gasteiger partial charge in [-0.05, 0) is 11.1 Å². The van der Waals surface area contributed by atoms with Crippen LogP contribution >= 0.6 is 11.6 Å². The Morgan fingerprint density at radius 3 is 2.33 bits per heavy atom. The lowest BCUT2D eigenvalue weighted by Crippen LogP contribution is -1.82. The number of hydrogen-bond acceptors (Lipinski definition) is 2. The van der Waals surface area contributed by atoms with Crippen LogP contribution in [0.4, 0.5) is 0 Å². The number of nitrogens with zero attached hydrogens (tertiary/aromatic N) is 1. The zero-order valence-electron chi connectivity index (χ0n) is 6.46. The van der Waals surface area contributed by atoms with Crippen LogP contribution in [0.3, 0.4) is 0 Å². The first-order valence-corrected chi connectivity index (χ1v) is 4.07. The van der Waals surface area contributed by atoms with E-state index in [1.807, 2.05) is 24.3 Å². The minimum absolute atomic E-state index is 0.395. The van der Waals surface area contributed by atoms with Crippen LogP contribution in [0, 0.1) is 0 Å². The maximum atomic E-state index is 9.79. The number of aliphatic imine (C=N–C) groups is 1. The SMILES string of the molecule is O=C=NCc1ccc(CCl)cc1. The molecule has 0 fully saturated rings. The van der Waals surface area contributed by atoms with Gasteiger partial charge in [0.05, 0.1) is 6.54 Å². The monoisotopic (exact) mass is 181 g/mol. The maximum Gasteiger partial charge on any atom is 0.235 e. The van der Waals surface area contributed by atoms with Crippen molar-refractivity contribution in [3.05, 3.63) is 35.4 Å². The molecular weight excluding hydrogens is 174 g/mol. The molecule has 0 aromatic heterocycles. The Hall–Kier alpha value is -1.11. The molecule has 0 N–H and O–H groups in total. The smallest absolute Gasteiger partial charge is 0.211 e. The lowest BCUT2D eigenvalue weighted by molar-refractivity contribution is 0.563. The summed E-state index contributed by atoms with van der Waals surface area (Å²) in [7, 11) is 0. The first-order chi connectivity index (χ1) is 5.86. The summed E-state index contributed by atoms with van der Waals surface area (Å²) in [5, 5.41) is 0. The van der Waals surface area contributed by atoms with E-state index in [-0.39, 0.29) is 0 Å². The van der Waals surface area contributed by atoms with Gasteiger partial charge in [-0.1, -0.05) is 24.3 Å². The second-order valence-corrected chi connectivity index (χ2v) is 2.62. The predicted octanol–water partition coefficient (Wildman–Crippen LogP) is 2.26. The van der Waals surface area contributed by atoms with Crippen LogP contribution in [0.25, 0.3) is 0 Å². The summed E-state index contributed by atoms with van der Waals surface area (Å²) in [4.78, 5) is 13.2. The van der Waals surface area contributed by atoms with E-state index in [1.165, 1.54) is 6.08 Å². The maximum absolute atomic E-state index is 9.79. The molecule has 0 spiro atoms. The van der Waals surface area contributed by atoms with Crippen LogP contribution in [0.1, 0.15) is 11.1 Å². The van der Waals surface area contributed by atoms with Crippen molar-refractivity contribution in [1.29, 1.82) is 0 Å². The number of hydrogen-bond donors (Lipinski definition) is 0. The van der Waals surface area contributed by atoms with Crippen molar-refractivity contribution in [2.45, 2.75) is 12.4 Å². The molecule has 0 saturated carbocycles. The molecule has 0 saturated heterocycles. The third-order valence-electron chi connectivity index (χ3n) is 1.50. The molecule has 1 rings (SSSR count). The Kier molecular flexibility index (Phi) is 3.52. The van der Waals surface area contributed by atoms with Crippen molar-refractivity contribution in [2.75, 3.05) is 0 Å². The van der Waals surface area contributed by atoms with Crippen LogP contribution in [0.2, 0.25) is 0 Å². The van der Waals surface area contributed by atoms with Gasteiger partial charge in [-0.3, -0.25) is 0 Å². The normalized spacial score (nSPS) is 9.08. The van der Waals surface area contributed by atoms with Gasteiger partial charge in [-0.25, -0.2) is 9.79 Å². The summed E-state index contributed by atoms with van der Waals surface area (Å²) in [6.07, 6.45) is 1.49. The molecule has 1 aromatic carbocycles. The fourth-order valence-corrected chi connectivity index (χ4v) is 1.04. The standard InChI is InChI=1S/C9H8ClNO/c10-5-8-1-3-9(4-2-8)6-11-7-12/h1-4H,5-6H2. The van der Waals surface area contributed by atoms with Crippen molar-refractivity contribution in [1.82, 2.24) is 0 Å². The molecule has 0 aliphatic carbocycles. The van der Waals surface area contributed by atoms with Crippen LogP contribution in [0.5, 0.6) is 0 Å². The van der Waals surface area contributed by atoms with Gasteiger partial charge in [0, 0.05) is 5.88 Å². The number of isocyanates is 1. The second-order valence-electron chi connectivity index (χ2n) is 2.36. The van der Waals surface area contributed by atoms with Crippen LogP contribution in [-0.4, -0.2) is 6.08 Å². The number of benzene rings is 1. The summed E-state index contributed by atoms with van der Waals surface area (Å²) in [6.45, 7) is 0.395. The quantitative estimate of drug-likeness (QED) is 0.400. The highest BCUT2D eigenvalue weighted by molar-refractivity contribution is 6.17. The van der Waals surface area contributed by atoms with Gasteiger partial charge in [0.25, 0.3) is 0 Å². The Labute approximate surface area is 75.9 Å². The Balaban J connectivity index is 2.70. The van der Waals surface area contributed by atoms with Gasteiger partial charge in [0.15, 0.2) is 0 Å². The second kappa shape index (κ2) is 4.70. The molecule has 0 radical (unpaired) electrons. The molecule has 0 unspecified atom stereocenters. The zero-order valence-corrected chi connectivity index (χ0v) is 7.21. The highest BCUT2D eigenvalue weighted by Crippen LogP contribution is 2.07. The predicted molar refractivity (Wildman–Crippen MR) is 47.8 cm³/mol. The lowest BCUT2D eigenvalue weighted by atomic mass is 10.1. The minimum atomic E-state index is 0.395. The highest BCUT2D eigenvalue weighted by Gasteiger charge is 1.91. The molecule has 0 amide bonds. The van der Waals surface area contributed by atoms with E-state index in [9.17, 15) is 4.79 Å². The topological polar surface area (TPSA) is 29.4 Å². The van der Waals surface area contributed by atoms with Crippen molar-refractivity contribution in [2.24, 2.45) is 4.99 Å². The molecule has 0 heterocycles. The van der Waals surface area contributed by atoms with E-state index in [1.54, 1.807) is 0 Å². The molecular formula is C9H8ClNO. The van der Waals surface area contributed by atoms with Crippen molar-refractivity contribution in [3.8, 4) is 0 Å². The van der Waals surface area contributed by atoms with Crippen LogP contribution < -0.4 is 0 Å². The molecule has 0 atom stereocenters. The van der Waals surface area contributed by atoms with E-state index in [0.717, 1.165) is 11.1 Å². The third kappa shape index (κ3) is 2.50. The van der Waals surface area contributed by atoms with Crippen LogP contribution in [0.15, 0.2) is 29.3 Å². The highest BCUT2D eigenvalue weighted by atomic mass is 35.5. The first kappa shape index (κ1) is 8.98. The van der Waals surface area contributed by atoms with Crippen LogP contribution in [-0.2, 0) is 17.2 Å². The minimum Gasteiger partial charge on any atom is -0.211 e. The number of alkyl halides is 1. The summed E-state index contributed by atoms with van der Waals surface area (Å²) in [6, 6.07) is 7.64. The van der Waals surface area contributed by atoms with Gasteiger partial charge < -0.3 is 0 Å². The average molecular weight is 182 g/mol. The van der Waals surface area contributed by atoms with Crippen molar-refractivity contribution >= 4 is 17.7 Å². The molecule has 62 valence electrons. The number of carbonyl (C=O) groups excluding carboxylic acids is 1. The summed E-state index contributed by atoms with van der Waals surface area (Å²) >= 11 is 5.60. The van der Waals surface area contributed by atoms with E-state index >= 15 is 0 Å². The average Bonchev–Trinajstić information content (AvgIpc) is 2.15. The summed E-state index contributed by atoms with van der Waals surface area (Å²) < 4.78 is 0. The molecule has 12 heavy (non-hydrogen) atoms. The fraction of sp³-hybridized carbons (Fsp3) is 0.222. The first-order valence-electron chi connectivity index (χ1n) is 3.54. The van der Waals surface area contributed by atoms with E-state index in [4.69, 9.17) is 11.6 Å². The summed E-state index contributed by atoms with van der Waals surface area (Å²) in [5.74, 6) is 0.511. The van der Waals surface area contributed by atoms with E-state index in [2.05, 4.69) is 4.99 Å². The molecule has 0 aliphatic heterocycles. The molecule has 0 bridgehead atoms. The Morgan fingerprint density at radius 2 is 1.83 bits per heavy atom. The molecule has 0 aliphatic rings. The summed E-state index contributed by atoms with van der Waals surface area (Å²) in [5.41, 5.74) is 2.06. The number of halogens is 1. The van der Waals surface area contributed by atoms with Gasteiger partial charge in [0.2, 0.25) is 6.08 Å². The van der Waals surface area contributed by atoms with Gasteiger partial charge in [-0.2, -0.15) is 0 Å². The molecule has 2 nitrogen and oxygen atoms in total. The van der Waals surface area contributed by atoms with Crippen molar-refractivity contribution < 1.29 is 4.79 Å². The third-order valence-corrected chi connectivity index (χ3v) is 1.81. The lowest BCUT2D eigenvalue weighted by Gasteiger charge is -1.96. The van der Waals surface area contributed by atoms with Gasteiger partial charge in [-0.15, -0.1) is 11.6 Å². The zero-order chi connectivity index (χ0) is 8.81.